The summed E-state index contributed by atoms with van der Waals surface area (Å²) in [5.41, 5.74) is 0.350. The number of esters is 1. The Morgan fingerprint density at radius 2 is 2.07 bits per heavy atom. The second-order valence-corrected chi connectivity index (χ2v) is 4.42. The maximum atomic E-state index is 11.0. The number of rotatable bonds is 7. The molecule has 0 fully saturated rings. The first-order valence-electron chi connectivity index (χ1n) is 5.32. The van der Waals surface area contributed by atoms with Crippen LogP contribution in [0.4, 0.5) is 0 Å². The molecule has 0 aliphatic heterocycles. The molecule has 0 spiro atoms. The van der Waals surface area contributed by atoms with Crippen LogP contribution >= 0.6 is 0 Å². The third kappa shape index (κ3) is 6.70. The van der Waals surface area contributed by atoms with Gasteiger partial charge in [-0.3, -0.25) is 4.79 Å². The summed E-state index contributed by atoms with van der Waals surface area (Å²) in [5.74, 6) is -0.174. The molecule has 0 aromatic rings. The molecule has 82 valence electrons. The maximum absolute atomic E-state index is 11.0. The van der Waals surface area contributed by atoms with Gasteiger partial charge in [-0.25, -0.2) is 0 Å². The lowest BCUT2D eigenvalue weighted by molar-refractivity contribution is -0.138. The first kappa shape index (κ1) is 13.2. The summed E-state index contributed by atoms with van der Waals surface area (Å²) < 4.78 is 4.64. The fourth-order valence-corrected chi connectivity index (χ4v) is 1.66. The highest BCUT2D eigenvalue weighted by molar-refractivity contribution is 5.69. The Morgan fingerprint density at radius 3 is 2.57 bits per heavy atom. The lowest BCUT2D eigenvalue weighted by atomic mass is 9.83. The lowest BCUT2D eigenvalue weighted by Crippen LogP contribution is -2.11. The van der Waals surface area contributed by atoms with Crippen LogP contribution < -0.4 is 0 Å². The summed E-state index contributed by atoms with van der Waals surface area (Å²) in [6.07, 6.45) is 6.08. The molecule has 0 N–H and O–H groups in total. The smallest absolute Gasteiger partial charge is 0.310 e. The lowest BCUT2D eigenvalue weighted by Gasteiger charge is -2.23. The highest BCUT2D eigenvalue weighted by atomic mass is 16.5. The normalized spacial score (nSPS) is 11.1. The molecule has 0 aromatic carbocycles. The zero-order valence-electron chi connectivity index (χ0n) is 9.64. The molecule has 0 heterocycles. The van der Waals surface area contributed by atoms with Crippen molar-refractivity contribution in [1.29, 1.82) is 0 Å². The third-order valence-corrected chi connectivity index (χ3v) is 2.38. The number of carbonyl (C=O) groups excluding carboxylic acids is 1. The molecular weight excluding hydrogens is 176 g/mol. The summed E-state index contributed by atoms with van der Waals surface area (Å²) >= 11 is 0. The molecule has 0 radical (unpaired) electrons. The molecule has 0 atom stereocenters. The van der Waals surface area contributed by atoms with E-state index in [4.69, 9.17) is 0 Å². The summed E-state index contributed by atoms with van der Waals surface area (Å²) in [5, 5.41) is 0. The largest absolute Gasteiger partial charge is 0.435 e. The van der Waals surface area contributed by atoms with Gasteiger partial charge in [-0.05, 0) is 24.7 Å². The molecule has 0 aliphatic rings. The second-order valence-electron chi connectivity index (χ2n) is 4.42. The predicted octanol–water partition coefficient (Wildman–Crippen LogP) is 3.67. The van der Waals surface area contributed by atoms with Gasteiger partial charge in [0, 0.05) is 6.42 Å². The van der Waals surface area contributed by atoms with Crippen LogP contribution in [0, 0.1) is 5.41 Å². The van der Waals surface area contributed by atoms with E-state index in [1.165, 1.54) is 19.1 Å². The van der Waals surface area contributed by atoms with Gasteiger partial charge in [0.2, 0.25) is 0 Å². The van der Waals surface area contributed by atoms with Crippen molar-refractivity contribution < 1.29 is 9.53 Å². The van der Waals surface area contributed by atoms with E-state index in [-0.39, 0.29) is 5.97 Å². The van der Waals surface area contributed by atoms with Crippen LogP contribution in [0.5, 0.6) is 0 Å². The van der Waals surface area contributed by atoms with Crippen LogP contribution in [0.15, 0.2) is 12.8 Å². The van der Waals surface area contributed by atoms with E-state index in [1.54, 1.807) is 0 Å². The summed E-state index contributed by atoms with van der Waals surface area (Å²) in [7, 11) is 0. The van der Waals surface area contributed by atoms with Gasteiger partial charge in [-0.1, -0.05) is 33.8 Å². The summed E-state index contributed by atoms with van der Waals surface area (Å²) in [6.45, 7) is 10.0. The molecular formula is C12H22O2. The monoisotopic (exact) mass is 198 g/mol. The van der Waals surface area contributed by atoms with Gasteiger partial charge in [-0.15, -0.1) is 0 Å². The summed E-state index contributed by atoms with van der Waals surface area (Å²) in [4.78, 5) is 11.0. The van der Waals surface area contributed by atoms with Gasteiger partial charge in [0.25, 0.3) is 0 Å². The van der Waals surface area contributed by atoms with Crippen molar-refractivity contribution in [2.24, 2.45) is 5.41 Å². The first-order chi connectivity index (χ1) is 6.52. The van der Waals surface area contributed by atoms with Crippen LogP contribution in [-0.4, -0.2) is 5.97 Å². The number of ether oxygens (including phenoxy) is 1. The molecule has 0 saturated heterocycles. The van der Waals surface area contributed by atoms with Crippen LogP contribution in [0.25, 0.3) is 0 Å². The van der Waals surface area contributed by atoms with Crippen LogP contribution in [0.3, 0.4) is 0 Å². The topological polar surface area (TPSA) is 26.3 Å². The Labute approximate surface area is 87.3 Å². The Kier molecular flexibility index (Phi) is 6.26. The highest BCUT2D eigenvalue weighted by Gasteiger charge is 2.16. The molecule has 2 nitrogen and oxygen atoms in total. The second kappa shape index (κ2) is 6.63. The predicted molar refractivity (Wildman–Crippen MR) is 58.8 cm³/mol. The Morgan fingerprint density at radius 1 is 1.43 bits per heavy atom. The van der Waals surface area contributed by atoms with Gasteiger partial charge in [0.05, 0.1) is 6.26 Å². The Balaban J connectivity index is 3.61. The molecule has 0 saturated carbocycles. The van der Waals surface area contributed by atoms with Crippen molar-refractivity contribution >= 4 is 5.97 Å². The van der Waals surface area contributed by atoms with Crippen LogP contribution in [0.1, 0.15) is 52.9 Å². The molecule has 2 heteroatoms. The third-order valence-electron chi connectivity index (χ3n) is 2.38. The minimum atomic E-state index is -0.174. The average molecular weight is 198 g/mol. The van der Waals surface area contributed by atoms with Gasteiger partial charge in [-0.2, -0.15) is 0 Å². The Hall–Kier alpha value is -0.790. The van der Waals surface area contributed by atoms with Crippen molar-refractivity contribution in [3.8, 4) is 0 Å². The zero-order valence-corrected chi connectivity index (χ0v) is 9.64. The first-order valence-corrected chi connectivity index (χ1v) is 5.32. The number of carbonyl (C=O) groups is 1. The van der Waals surface area contributed by atoms with Gasteiger partial charge >= 0.3 is 5.97 Å². The van der Waals surface area contributed by atoms with Crippen molar-refractivity contribution in [3.05, 3.63) is 12.8 Å². The van der Waals surface area contributed by atoms with E-state index in [0.29, 0.717) is 11.8 Å². The minimum absolute atomic E-state index is 0.174. The molecule has 0 unspecified atom stereocenters. The van der Waals surface area contributed by atoms with Gasteiger partial charge in [0.15, 0.2) is 0 Å². The van der Waals surface area contributed by atoms with Crippen LogP contribution in [-0.2, 0) is 9.53 Å². The molecule has 0 amide bonds. The zero-order chi connectivity index (χ0) is 11.0. The van der Waals surface area contributed by atoms with E-state index < -0.39 is 0 Å². The van der Waals surface area contributed by atoms with E-state index in [9.17, 15) is 4.79 Å². The van der Waals surface area contributed by atoms with Crippen molar-refractivity contribution in [3.63, 3.8) is 0 Å². The van der Waals surface area contributed by atoms with E-state index in [0.717, 1.165) is 12.8 Å². The molecule has 0 bridgehead atoms. The molecule has 0 rings (SSSR count). The number of hydrogen-bond acceptors (Lipinski definition) is 2. The fourth-order valence-electron chi connectivity index (χ4n) is 1.66. The molecule has 0 aromatic heterocycles. The fraction of sp³-hybridized carbons (Fsp3) is 0.750. The van der Waals surface area contributed by atoms with Gasteiger partial charge in [0.1, 0.15) is 0 Å². The van der Waals surface area contributed by atoms with Gasteiger partial charge < -0.3 is 4.74 Å². The standard InChI is InChI=1S/C12H22O2/c1-5-9-12(3,4)10-7-8-11(13)14-6-2/h6H,2,5,7-10H2,1,3-4H3. The maximum Gasteiger partial charge on any atom is 0.310 e. The van der Waals surface area contributed by atoms with Crippen molar-refractivity contribution in [2.45, 2.75) is 52.9 Å². The Bertz CT molecular complexity index is 183. The van der Waals surface area contributed by atoms with E-state index >= 15 is 0 Å². The van der Waals surface area contributed by atoms with Crippen LogP contribution in [0.2, 0.25) is 0 Å². The minimum Gasteiger partial charge on any atom is -0.435 e. The summed E-state index contributed by atoms with van der Waals surface area (Å²) in [6, 6.07) is 0. The average Bonchev–Trinajstić information content (AvgIpc) is 2.03. The van der Waals surface area contributed by atoms with E-state index in [1.807, 2.05) is 0 Å². The quantitative estimate of drug-likeness (QED) is 0.461. The highest BCUT2D eigenvalue weighted by Crippen LogP contribution is 2.28. The number of hydrogen-bond donors (Lipinski definition) is 0. The van der Waals surface area contributed by atoms with E-state index in [2.05, 4.69) is 32.1 Å². The molecule has 14 heavy (non-hydrogen) atoms. The van der Waals surface area contributed by atoms with Crippen molar-refractivity contribution in [2.75, 3.05) is 0 Å². The molecule has 0 aliphatic carbocycles. The van der Waals surface area contributed by atoms with Crippen molar-refractivity contribution in [1.82, 2.24) is 0 Å². The SMILES string of the molecule is C=COC(=O)CCCC(C)(C)CCC.